The third-order valence-electron chi connectivity index (χ3n) is 4.73. The molecule has 0 saturated carbocycles. The molecule has 0 N–H and O–H groups in total. The molecule has 0 bridgehead atoms. The van der Waals surface area contributed by atoms with Gasteiger partial charge in [0.25, 0.3) is 0 Å². The summed E-state index contributed by atoms with van der Waals surface area (Å²) in [5.74, 6) is 0.985. The van der Waals surface area contributed by atoms with Crippen molar-refractivity contribution >= 4 is 5.82 Å². The Kier molecular flexibility index (Phi) is 4.44. The van der Waals surface area contributed by atoms with E-state index in [-0.39, 0.29) is 0 Å². The topological polar surface area (TPSA) is 32.3 Å². The van der Waals surface area contributed by atoms with Crippen LogP contribution in [0.3, 0.4) is 0 Å². The highest BCUT2D eigenvalue weighted by Gasteiger charge is 2.20. The summed E-state index contributed by atoms with van der Waals surface area (Å²) in [6, 6.07) is 22.9. The summed E-state index contributed by atoms with van der Waals surface area (Å²) >= 11 is 0. The normalized spacial score (nSPS) is 15.3. The molecule has 2 heterocycles. The molecule has 1 aromatic heterocycles. The van der Waals surface area contributed by atoms with E-state index in [9.17, 15) is 0 Å². The number of rotatable bonds is 3. The number of benzene rings is 2. The first kappa shape index (κ1) is 15.8. The molecule has 3 aromatic rings. The van der Waals surface area contributed by atoms with Crippen LogP contribution in [0.25, 0.3) is 22.4 Å². The molecule has 0 aliphatic carbocycles. The Morgan fingerprint density at radius 3 is 1.96 bits per heavy atom. The second-order valence-electron chi connectivity index (χ2n) is 6.49. The minimum Gasteiger partial charge on any atom is -0.352 e. The zero-order chi connectivity index (χ0) is 17.1. The fourth-order valence-corrected chi connectivity index (χ4v) is 3.22. The van der Waals surface area contributed by atoms with Crippen LogP contribution >= 0.6 is 0 Å². The zero-order valence-corrected chi connectivity index (χ0v) is 14.5. The van der Waals surface area contributed by atoms with Gasteiger partial charge >= 0.3 is 0 Å². The first-order chi connectivity index (χ1) is 12.3. The molecule has 4 heteroatoms. The first-order valence-electron chi connectivity index (χ1n) is 8.73. The number of likely N-dealkylation sites (N-methyl/N-ethyl adjacent to an activating group) is 1. The molecule has 0 radical (unpaired) electrons. The van der Waals surface area contributed by atoms with Crippen molar-refractivity contribution in [2.45, 2.75) is 0 Å². The Labute approximate surface area is 148 Å². The third kappa shape index (κ3) is 3.39. The molecule has 1 fully saturated rings. The molecule has 1 saturated heterocycles. The maximum Gasteiger partial charge on any atom is 0.159 e. The van der Waals surface area contributed by atoms with E-state index < -0.39 is 0 Å². The summed E-state index contributed by atoms with van der Waals surface area (Å²) in [5, 5.41) is 9.16. The number of anilines is 1. The number of nitrogens with zero attached hydrogens (tertiary/aromatic N) is 4. The van der Waals surface area contributed by atoms with Gasteiger partial charge in [-0.25, -0.2) is 0 Å². The van der Waals surface area contributed by atoms with Gasteiger partial charge in [-0.2, -0.15) is 0 Å². The van der Waals surface area contributed by atoms with Crippen LogP contribution in [0.1, 0.15) is 0 Å². The van der Waals surface area contributed by atoms with Crippen molar-refractivity contribution in [1.29, 1.82) is 0 Å². The Morgan fingerprint density at radius 2 is 1.32 bits per heavy atom. The van der Waals surface area contributed by atoms with E-state index in [2.05, 4.69) is 69.5 Å². The largest absolute Gasteiger partial charge is 0.352 e. The molecule has 4 rings (SSSR count). The first-order valence-corrected chi connectivity index (χ1v) is 8.73. The molecular formula is C21H22N4. The van der Waals surface area contributed by atoms with E-state index in [0.717, 1.165) is 48.8 Å². The van der Waals surface area contributed by atoms with Crippen molar-refractivity contribution in [1.82, 2.24) is 15.1 Å². The second-order valence-corrected chi connectivity index (χ2v) is 6.49. The van der Waals surface area contributed by atoms with Crippen molar-refractivity contribution in [2.75, 3.05) is 38.1 Å². The van der Waals surface area contributed by atoms with E-state index in [4.69, 9.17) is 0 Å². The van der Waals surface area contributed by atoms with Gasteiger partial charge in [-0.1, -0.05) is 60.7 Å². The highest BCUT2D eigenvalue weighted by Crippen LogP contribution is 2.32. The number of hydrogen-bond acceptors (Lipinski definition) is 4. The highest BCUT2D eigenvalue weighted by atomic mass is 15.3. The van der Waals surface area contributed by atoms with Crippen molar-refractivity contribution in [2.24, 2.45) is 0 Å². The lowest BCUT2D eigenvalue weighted by molar-refractivity contribution is 0.312. The average molecular weight is 330 g/mol. The smallest absolute Gasteiger partial charge is 0.159 e. The summed E-state index contributed by atoms with van der Waals surface area (Å²) in [6.45, 7) is 4.07. The summed E-state index contributed by atoms with van der Waals surface area (Å²) in [6.07, 6.45) is 0. The predicted octanol–water partition coefficient (Wildman–Crippen LogP) is 3.56. The van der Waals surface area contributed by atoms with Crippen LogP contribution in [0.5, 0.6) is 0 Å². The lowest BCUT2D eigenvalue weighted by Crippen LogP contribution is -2.45. The lowest BCUT2D eigenvalue weighted by atomic mass is 10.0. The van der Waals surface area contributed by atoms with Crippen LogP contribution in [0.4, 0.5) is 5.82 Å². The standard InChI is InChI=1S/C21H22N4/c1-24-12-14-25(15-13-24)21-19(17-8-4-2-5-9-17)16-20(22-23-21)18-10-6-3-7-11-18/h2-11,16H,12-15H2,1H3. The van der Waals surface area contributed by atoms with Crippen molar-refractivity contribution in [3.8, 4) is 22.4 Å². The summed E-state index contributed by atoms with van der Waals surface area (Å²) < 4.78 is 0. The second kappa shape index (κ2) is 7.03. The SMILES string of the molecule is CN1CCN(c2nnc(-c3ccccc3)cc2-c2ccccc2)CC1. The predicted molar refractivity (Wildman–Crippen MR) is 103 cm³/mol. The summed E-state index contributed by atoms with van der Waals surface area (Å²) in [4.78, 5) is 4.70. The van der Waals surface area contributed by atoms with E-state index in [1.807, 2.05) is 24.3 Å². The van der Waals surface area contributed by atoms with Crippen LogP contribution in [0, 0.1) is 0 Å². The molecule has 126 valence electrons. The molecule has 0 atom stereocenters. The Bertz CT molecular complexity index is 825. The van der Waals surface area contributed by atoms with Crippen molar-refractivity contribution < 1.29 is 0 Å². The van der Waals surface area contributed by atoms with Gasteiger partial charge in [0.2, 0.25) is 0 Å². The Morgan fingerprint density at radius 1 is 0.720 bits per heavy atom. The minimum absolute atomic E-state index is 0.914. The minimum atomic E-state index is 0.914. The maximum atomic E-state index is 4.64. The average Bonchev–Trinajstić information content (AvgIpc) is 2.70. The molecule has 2 aromatic carbocycles. The Balaban J connectivity index is 1.78. The van der Waals surface area contributed by atoms with Gasteiger partial charge in [0.1, 0.15) is 0 Å². The molecule has 1 aliphatic heterocycles. The third-order valence-corrected chi connectivity index (χ3v) is 4.73. The van der Waals surface area contributed by atoms with Gasteiger partial charge in [-0.05, 0) is 18.7 Å². The number of hydrogen-bond donors (Lipinski definition) is 0. The summed E-state index contributed by atoms with van der Waals surface area (Å²) in [7, 11) is 2.17. The van der Waals surface area contributed by atoms with E-state index in [0.29, 0.717) is 0 Å². The van der Waals surface area contributed by atoms with Crippen LogP contribution in [0.15, 0.2) is 66.7 Å². The van der Waals surface area contributed by atoms with Crippen molar-refractivity contribution in [3.05, 3.63) is 66.7 Å². The fourth-order valence-electron chi connectivity index (χ4n) is 3.22. The molecular weight excluding hydrogens is 308 g/mol. The molecule has 1 aliphatic rings. The van der Waals surface area contributed by atoms with Gasteiger partial charge in [0, 0.05) is 37.3 Å². The molecule has 0 spiro atoms. The number of piperazine rings is 1. The maximum absolute atomic E-state index is 4.64. The highest BCUT2D eigenvalue weighted by molar-refractivity contribution is 5.79. The van der Waals surface area contributed by atoms with E-state index in [1.165, 1.54) is 5.56 Å². The van der Waals surface area contributed by atoms with Gasteiger partial charge < -0.3 is 9.80 Å². The van der Waals surface area contributed by atoms with Crippen LogP contribution in [-0.2, 0) is 0 Å². The van der Waals surface area contributed by atoms with E-state index in [1.54, 1.807) is 0 Å². The number of aromatic nitrogens is 2. The fraction of sp³-hybridized carbons (Fsp3) is 0.238. The van der Waals surface area contributed by atoms with Gasteiger partial charge in [-0.15, -0.1) is 10.2 Å². The van der Waals surface area contributed by atoms with Gasteiger partial charge in [0.05, 0.1) is 5.69 Å². The summed E-state index contributed by atoms with van der Waals surface area (Å²) in [5.41, 5.74) is 4.34. The zero-order valence-electron chi connectivity index (χ0n) is 14.5. The van der Waals surface area contributed by atoms with Gasteiger partial charge in [-0.3, -0.25) is 0 Å². The van der Waals surface area contributed by atoms with Crippen molar-refractivity contribution in [3.63, 3.8) is 0 Å². The van der Waals surface area contributed by atoms with Gasteiger partial charge in [0.15, 0.2) is 5.82 Å². The lowest BCUT2D eigenvalue weighted by Gasteiger charge is -2.34. The monoisotopic (exact) mass is 330 g/mol. The Hall–Kier alpha value is -2.72. The van der Waals surface area contributed by atoms with Crippen LogP contribution < -0.4 is 4.90 Å². The quantitative estimate of drug-likeness (QED) is 0.735. The molecule has 25 heavy (non-hydrogen) atoms. The van der Waals surface area contributed by atoms with E-state index >= 15 is 0 Å². The van der Waals surface area contributed by atoms with Crippen LogP contribution in [0.2, 0.25) is 0 Å². The molecule has 4 nitrogen and oxygen atoms in total. The molecule has 0 unspecified atom stereocenters. The molecule has 0 amide bonds. The van der Waals surface area contributed by atoms with Crippen LogP contribution in [-0.4, -0.2) is 48.3 Å².